The number of carbonyl (C=O) groups excluding carboxylic acids is 2. The van der Waals surface area contributed by atoms with E-state index in [1.54, 1.807) is 20.2 Å². The number of thioether (sulfide) groups is 1. The second-order valence-electron chi connectivity index (χ2n) is 6.24. The zero-order valence-electron chi connectivity index (χ0n) is 17.0. The standard InChI is InChI=1S/C21H25BrN2O4S/c1-5-27-17-11-14(15(22)13-18(17)28-6-2)12-20(25)23-16-9-7-8-10-19(16)29-21(26)24(3)4/h7-11,13H,5-6,12H2,1-4H3,(H,23,25). The van der Waals surface area contributed by atoms with Gasteiger partial charge in [0.25, 0.3) is 5.24 Å². The van der Waals surface area contributed by atoms with Gasteiger partial charge < -0.3 is 19.7 Å². The number of halogens is 1. The lowest BCUT2D eigenvalue weighted by Gasteiger charge is -2.15. The van der Waals surface area contributed by atoms with Gasteiger partial charge >= 0.3 is 0 Å². The van der Waals surface area contributed by atoms with Crippen LogP contribution in [0.3, 0.4) is 0 Å². The molecule has 0 saturated heterocycles. The lowest BCUT2D eigenvalue weighted by atomic mass is 10.1. The third-order valence-corrected chi connectivity index (χ3v) is 5.64. The summed E-state index contributed by atoms with van der Waals surface area (Å²) in [4.78, 5) is 26.9. The van der Waals surface area contributed by atoms with Gasteiger partial charge in [0, 0.05) is 23.5 Å². The maximum Gasteiger partial charge on any atom is 0.286 e. The molecule has 2 amide bonds. The predicted molar refractivity (Wildman–Crippen MR) is 120 cm³/mol. The normalized spacial score (nSPS) is 10.4. The summed E-state index contributed by atoms with van der Waals surface area (Å²) in [6.07, 6.45) is 0.147. The minimum Gasteiger partial charge on any atom is -0.490 e. The zero-order valence-corrected chi connectivity index (χ0v) is 19.4. The third kappa shape index (κ3) is 6.68. The first-order chi connectivity index (χ1) is 13.8. The molecule has 0 unspecified atom stereocenters. The zero-order chi connectivity index (χ0) is 21.4. The highest BCUT2D eigenvalue weighted by molar-refractivity contribution is 9.10. The second kappa shape index (κ2) is 11.1. The average molecular weight is 481 g/mol. The molecule has 0 bridgehead atoms. The minimum atomic E-state index is -0.192. The van der Waals surface area contributed by atoms with Crippen molar-refractivity contribution in [2.45, 2.75) is 25.2 Å². The topological polar surface area (TPSA) is 67.9 Å². The molecule has 0 aliphatic carbocycles. The minimum absolute atomic E-state index is 0.109. The number of nitrogens with one attached hydrogen (secondary N) is 1. The molecule has 0 saturated carbocycles. The molecule has 156 valence electrons. The van der Waals surface area contributed by atoms with E-state index in [1.807, 2.05) is 44.2 Å². The summed E-state index contributed by atoms with van der Waals surface area (Å²) >= 11 is 4.58. The number of hydrogen-bond donors (Lipinski definition) is 1. The van der Waals surface area contributed by atoms with Gasteiger partial charge in [-0.1, -0.05) is 28.1 Å². The molecule has 6 nitrogen and oxygen atoms in total. The number of benzene rings is 2. The molecular formula is C21H25BrN2O4S. The molecule has 0 heterocycles. The summed E-state index contributed by atoms with van der Waals surface area (Å²) in [6.45, 7) is 4.82. The summed E-state index contributed by atoms with van der Waals surface area (Å²) in [5.41, 5.74) is 1.38. The van der Waals surface area contributed by atoms with Crippen LogP contribution in [0.25, 0.3) is 0 Å². The number of para-hydroxylation sites is 1. The average Bonchev–Trinajstić information content (AvgIpc) is 2.67. The van der Waals surface area contributed by atoms with Crippen LogP contribution >= 0.6 is 27.7 Å². The van der Waals surface area contributed by atoms with Crippen molar-refractivity contribution in [2.75, 3.05) is 32.6 Å². The van der Waals surface area contributed by atoms with Gasteiger partial charge in [-0.05, 0) is 55.4 Å². The first-order valence-corrected chi connectivity index (χ1v) is 10.8. The molecular weight excluding hydrogens is 456 g/mol. The van der Waals surface area contributed by atoms with Crippen molar-refractivity contribution in [3.8, 4) is 11.5 Å². The Kier molecular flexibility index (Phi) is 8.85. The summed E-state index contributed by atoms with van der Waals surface area (Å²) in [5, 5.41) is 2.79. The van der Waals surface area contributed by atoms with Gasteiger partial charge in [0.15, 0.2) is 11.5 Å². The van der Waals surface area contributed by atoms with E-state index in [0.29, 0.717) is 35.3 Å². The largest absolute Gasteiger partial charge is 0.490 e. The molecule has 0 spiro atoms. The Morgan fingerprint density at radius 3 is 2.31 bits per heavy atom. The molecule has 0 aliphatic rings. The highest BCUT2D eigenvalue weighted by Gasteiger charge is 2.16. The van der Waals surface area contributed by atoms with Crippen LogP contribution in [0.2, 0.25) is 0 Å². The molecule has 0 radical (unpaired) electrons. The van der Waals surface area contributed by atoms with Crippen molar-refractivity contribution in [2.24, 2.45) is 0 Å². The van der Waals surface area contributed by atoms with Gasteiger partial charge in [-0.15, -0.1) is 0 Å². The Bertz CT molecular complexity index is 874. The first-order valence-electron chi connectivity index (χ1n) is 9.21. The van der Waals surface area contributed by atoms with Gasteiger partial charge in [0.2, 0.25) is 5.91 Å². The van der Waals surface area contributed by atoms with Crippen LogP contribution in [0.1, 0.15) is 19.4 Å². The number of hydrogen-bond acceptors (Lipinski definition) is 5. The van der Waals surface area contributed by atoms with E-state index < -0.39 is 0 Å². The van der Waals surface area contributed by atoms with Crippen molar-refractivity contribution < 1.29 is 19.1 Å². The molecule has 8 heteroatoms. The molecule has 1 N–H and O–H groups in total. The molecule has 2 aromatic carbocycles. The SMILES string of the molecule is CCOc1cc(Br)c(CC(=O)Nc2ccccc2SC(=O)N(C)C)cc1OCC. The van der Waals surface area contributed by atoms with Crippen LogP contribution in [0.15, 0.2) is 45.8 Å². The van der Waals surface area contributed by atoms with Crippen molar-refractivity contribution in [1.29, 1.82) is 0 Å². The van der Waals surface area contributed by atoms with E-state index in [-0.39, 0.29) is 17.6 Å². The van der Waals surface area contributed by atoms with E-state index in [1.165, 1.54) is 4.90 Å². The quantitative estimate of drug-likeness (QED) is 0.525. The van der Waals surface area contributed by atoms with Crippen LogP contribution in [0.5, 0.6) is 11.5 Å². The number of carbonyl (C=O) groups is 2. The molecule has 0 fully saturated rings. The van der Waals surface area contributed by atoms with Gasteiger partial charge in [-0.3, -0.25) is 9.59 Å². The highest BCUT2D eigenvalue weighted by atomic mass is 79.9. The van der Waals surface area contributed by atoms with Gasteiger partial charge in [-0.25, -0.2) is 0 Å². The van der Waals surface area contributed by atoms with Crippen LogP contribution < -0.4 is 14.8 Å². The third-order valence-electron chi connectivity index (χ3n) is 3.79. The van der Waals surface area contributed by atoms with Gasteiger partial charge in [0.05, 0.1) is 25.3 Å². The van der Waals surface area contributed by atoms with Gasteiger partial charge in [-0.2, -0.15) is 0 Å². The predicted octanol–water partition coefficient (Wildman–Crippen LogP) is 5.20. The Labute approximate surface area is 184 Å². The number of anilines is 1. The highest BCUT2D eigenvalue weighted by Crippen LogP contribution is 2.34. The van der Waals surface area contributed by atoms with Crippen molar-refractivity contribution >= 4 is 44.5 Å². The lowest BCUT2D eigenvalue weighted by Crippen LogP contribution is -2.18. The van der Waals surface area contributed by atoms with E-state index in [4.69, 9.17) is 9.47 Å². The molecule has 0 atom stereocenters. The summed E-state index contributed by atoms with van der Waals surface area (Å²) < 4.78 is 12.0. The summed E-state index contributed by atoms with van der Waals surface area (Å²) in [7, 11) is 3.38. The number of nitrogens with zero attached hydrogens (tertiary/aromatic N) is 1. The van der Waals surface area contributed by atoms with Crippen molar-refractivity contribution in [3.63, 3.8) is 0 Å². The first kappa shape index (κ1) is 23.1. The smallest absolute Gasteiger partial charge is 0.286 e. The summed E-state index contributed by atoms with van der Waals surface area (Å²) in [6, 6.07) is 10.9. The Balaban J connectivity index is 2.17. The molecule has 2 aromatic rings. The maximum atomic E-state index is 12.7. The van der Waals surface area contributed by atoms with E-state index >= 15 is 0 Å². The number of ether oxygens (including phenoxy) is 2. The number of amides is 2. The fourth-order valence-corrected chi connectivity index (χ4v) is 3.67. The van der Waals surface area contributed by atoms with Crippen molar-refractivity contribution in [3.05, 3.63) is 46.4 Å². The summed E-state index contributed by atoms with van der Waals surface area (Å²) in [5.74, 6) is 1.05. The fraction of sp³-hybridized carbons (Fsp3) is 0.333. The Morgan fingerprint density at radius 1 is 1.07 bits per heavy atom. The van der Waals surface area contributed by atoms with E-state index in [2.05, 4.69) is 21.2 Å². The maximum absolute atomic E-state index is 12.7. The van der Waals surface area contributed by atoms with Crippen LogP contribution in [0.4, 0.5) is 10.5 Å². The molecule has 0 aliphatic heterocycles. The van der Waals surface area contributed by atoms with Crippen LogP contribution in [0, 0.1) is 0 Å². The monoisotopic (exact) mass is 480 g/mol. The van der Waals surface area contributed by atoms with E-state index in [0.717, 1.165) is 21.8 Å². The Morgan fingerprint density at radius 2 is 1.69 bits per heavy atom. The Hall–Kier alpha value is -2.19. The number of rotatable bonds is 8. The van der Waals surface area contributed by atoms with Gasteiger partial charge in [0.1, 0.15) is 0 Å². The lowest BCUT2D eigenvalue weighted by molar-refractivity contribution is -0.115. The van der Waals surface area contributed by atoms with Crippen LogP contribution in [-0.4, -0.2) is 43.4 Å². The molecule has 0 aromatic heterocycles. The molecule has 29 heavy (non-hydrogen) atoms. The van der Waals surface area contributed by atoms with Crippen molar-refractivity contribution in [1.82, 2.24) is 4.90 Å². The fourth-order valence-electron chi connectivity index (χ4n) is 2.46. The second-order valence-corrected chi connectivity index (χ2v) is 8.09. The molecule has 2 rings (SSSR count). The van der Waals surface area contributed by atoms with Crippen LogP contribution in [-0.2, 0) is 11.2 Å². The van der Waals surface area contributed by atoms with E-state index in [9.17, 15) is 9.59 Å².